The summed E-state index contributed by atoms with van der Waals surface area (Å²) < 4.78 is 30.9. The molecule has 8 nitrogen and oxygen atoms in total. The molecule has 3 rings (SSSR count). The minimum absolute atomic E-state index is 0.0232. The second-order valence-electron chi connectivity index (χ2n) is 8.85. The standard InChI is InChI=1S/C26H34N4O4S/c1-5-6-21(17-27-3)18-28-19-29-13-11-23(15-20(29)2)34-24-12-14-30(26(31)16-24)22-7-9-25(10-8-22)35(4,32)33/h7-10,12,14,16-18,20,23H,3,5-6,11,13,15,19H2,1-2,4H3/b21-17-,28-18?. The zero-order valence-electron chi connectivity index (χ0n) is 20.6. The van der Waals surface area contributed by atoms with Crippen LogP contribution in [-0.4, -0.2) is 62.4 Å². The molecule has 9 heteroatoms. The Bertz CT molecular complexity index is 1230. The van der Waals surface area contributed by atoms with Gasteiger partial charge < -0.3 is 4.74 Å². The maximum absolute atomic E-state index is 12.7. The Kier molecular flexibility index (Phi) is 9.17. The van der Waals surface area contributed by atoms with E-state index in [9.17, 15) is 13.2 Å². The largest absolute Gasteiger partial charge is 0.490 e. The van der Waals surface area contributed by atoms with Gasteiger partial charge in [-0.15, -0.1) is 0 Å². The van der Waals surface area contributed by atoms with Gasteiger partial charge in [-0.2, -0.15) is 0 Å². The normalized spacial score (nSPS) is 19.7. The van der Waals surface area contributed by atoms with Crippen LogP contribution in [0.1, 0.15) is 39.5 Å². The predicted molar refractivity (Wildman–Crippen MR) is 141 cm³/mol. The molecule has 0 bridgehead atoms. The van der Waals surface area contributed by atoms with Crippen LogP contribution in [0.15, 0.2) is 74.0 Å². The number of benzene rings is 1. The average molecular weight is 499 g/mol. The van der Waals surface area contributed by atoms with Gasteiger partial charge in [-0.3, -0.25) is 24.2 Å². The van der Waals surface area contributed by atoms with Crippen molar-refractivity contribution in [2.24, 2.45) is 9.98 Å². The first kappa shape index (κ1) is 26.6. The molecule has 1 aliphatic heterocycles. The highest BCUT2D eigenvalue weighted by molar-refractivity contribution is 7.90. The van der Waals surface area contributed by atoms with E-state index in [0.29, 0.717) is 24.1 Å². The summed E-state index contributed by atoms with van der Waals surface area (Å²) in [6.07, 6.45) is 10.1. The van der Waals surface area contributed by atoms with E-state index in [0.717, 1.165) is 44.1 Å². The van der Waals surface area contributed by atoms with E-state index in [1.54, 1.807) is 30.6 Å². The molecule has 0 radical (unpaired) electrons. The number of aromatic nitrogens is 1. The minimum atomic E-state index is -3.28. The second kappa shape index (κ2) is 12.1. The van der Waals surface area contributed by atoms with Crippen molar-refractivity contribution < 1.29 is 13.2 Å². The molecule has 0 N–H and O–H groups in total. The lowest BCUT2D eigenvalue weighted by molar-refractivity contribution is 0.0652. The van der Waals surface area contributed by atoms with E-state index in [2.05, 4.69) is 35.4 Å². The Morgan fingerprint density at radius 1 is 1.26 bits per heavy atom. The summed E-state index contributed by atoms with van der Waals surface area (Å²) >= 11 is 0. The number of pyridine rings is 1. The zero-order valence-corrected chi connectivity index (χ0v) is 21.4. The fourth-order valence-corrected chi connectivity index (χ4v) is 4.75. The number of allylic oxidation sites excluding steroid dienone is 1. The summed E-state index contributed by atoms with van der Waals surface area (Å²) in [6.45, 7) is 9.29. The molecule has 188 valence electrons. The van der Waals surface area contributed by atoms with Gasteiger partial charge in [0.2, 0.25) is 0 Å². The summed E-state index contributed by atoms with van der Waals surface area (Å²) in [4.78, 5) is 23.6. The van der Waals surface area contributed by atoms with Gasteiger partial charge in [0.1, 0.15) is 11.9 Å². The highest BCUT2D eigenvalue weighted by Crippen LogP contribution is 2.22. The van der Waals surface area contributed by atoms with Crippen molar-refractivity contribution in [1.82, 2.24) is 9.47 Å². The van der Waals surface area contributed by atoms with E-state index >= 15 is 0 Å². The Labute approximate surface area is 207 Å². The number of hydrogen-bond acceptors (Lipinski definition) is 7. The van der Waals surface area contributed by atoms with Crippen LogP contribution in [-0.2, 0) is 9.84 Å². The zero-order chi connectivity index (χ0) is 25.4. The third kappa shape index (κ3) is 7.47. The van der Waals surface area contributed by atoms with Crippen molar-refractivity contribution in [1.29, 1.82) is 0 Å². The van der Waals surface area contributed by atoms with Gasteiger partial charge in [-0.1, -0.05) is 13.3 Å². The SMILES string of the molecule is C=N/C=C(\C=NCN1CCC(Oc2ccn(-c3ccc(S(C)(=O)=O)cc3)c(=O)c2)CC1C)CCC. The quantitative estimate of drug-likeness (QED) is 0.464. The fourth-order valence-electron chi connectivity index (χ4n) is 4.12. The molecule has 2 aromatic rings. The first-order chi connectivity index (χ1) is 16.7. The molecule has 1 aromatic carbocycles. The molecule has 1 aromatic heterocycles. The van der Waals surface area contributed by atoms with Gasteiger partial charge in [0.05, 0.1) is 11.6 Å². The van der Waals surface area contributed by atoms with E-state index in [1.165, 1.54) is 22.8 Å². The van der Waals surface area contributed by atoms with Crippen LogP contribution in [0.4, 0.5) is 0 Å². The lowest BCUT2D eigenvalue weighted by Crippen LogP contribution is -2.44. The number of likely N-dealkylation sites (tertiary alicyclic amines) is 1. The number of aliphatic imine (C=N–C) groups is 2. The van der Waals surface area contributed by atoms with E-state index < -0.39 is 9.84 Å². The second-order valence-corrected chi connectivity index (χ2v) is 10.9. The maximum Gasteiger partial charge on any atom is 0.258 e. The van der Waals surface area contributed by atoms with Crippen LogP contribution in [0.3, 0.4) is 0 Å². The molecule has 2 heterocycles. The van der Waals surface area contributed by atoms with Crippen LogP contribution in [0.25, 0.3) is 5.69 Å². The number of hydrogen-bond donors (Lipinski definition) is 0. The maximum atomic E-state index is 12.7. The smallest absolute Gasteiger partial charge is 0.258 e. The van der Waals surface area contributed by atoms with Crippen molar-refractivity contribution in [2.75, 3.05) is 19.5 Å². The number of rotatable bonds is 10. The Balaban J connectivity index is 1.58. The molecule has 0 amide bonds. The Hall–Kier alpha value is -3.04. The van der Waals surface area contributed by atoms with Crippen molar-refractivity contribution in [3.63, 3.8) is 0 Å². The van der Waals surface area contributed by atoms with Gasteiger partial charge in [-0.25, -0.2) is 8.42 Å². The summed E-state index contributed by atoms with van der Waals surface area (Å²) in [5.74, 6) is 0.536. The van der Waals surface area contributed by atoms with Crippen molar-refractivity contribution >= 4 is 22.8 Å². The third-order valence-electron chi connectivity index (χ3n) is 6.02. The minimum Gasteiger partial charge on any atom is -0.490 e. The van der Waals surface area contributed by atoms with Crippen molar-refractivity contribution in [3.8, 4) is 11.4 Å². The van der Waals surface area contributed by atoms with Gasteiger partial charge in [0.15, 0.2) is 9.84 Å². The van der Waals surface area contributed by atoms with Gasteiger partial charge in [0.25, 0.3) is 5.56 Å². The van der Waals surface area contributed by atoms with Crippen LogP contribution in [0.5, 0.6) is 5.75 Å². The van der Waals surface area contributed by atoms with Crippen LogP contribution in [0.2, 0.25) is 0 Å². The first-order valence-corrected chi connectivity index (χ1v) is 13.7. The number of ether oxygens (including phenoxy) is 1. The number of sulfone groups is 1. The molecule has 0 saturated carbocycles. The van der Waals surface area contributed by atoms with Crippen LogP contribution in [0, 0.1) is 0 Å². The lowest BCUT2D eigenvalue weighted by atomic mass is 10.0. The number of nitrogens with zero attached hydrogens (tertiary/aromatic N) is 4. The summed E-state index contributed by atoms with van der Waals surface area (Å²) in [6, 6.07) is 9.77. The molecule has 35 heavy (non-hydrogen) atoms. The highest BCUT2D eigenvalue weighted by atomic mass is 32.2. The van der Waals surface area contributed by atoms with E-state index in [-0.39, 0.29) is 16.6 Å². The monoisotopic (exact) mass is 498 g/mol. The van der Waals surface area contributed by atoms with Crippen molar-refractivity contribution in [3.05, 3.63) is 64.7 Å². The molecule has 0 aliphatic carbocycles. The fraction of sp³-hybridized carbons (Fsp3) is 0.423. The van der Waals surface area contributed by atoms with Crippen molar-refractivity contribution in [2.45, 2.75) is 56.6 Å². The number of piperidine rings is 1. The topological polar surface area (TPSA) is 93.3 Å². The lowest BCUT2D eigenvalue weighted by Gasteiger charge is -2.36. The highest BCUT2D eigenvalue weighted by Gasteiger charge is 2.26. The van der Waals surface area contributed by atoms with Gasteiger partial charge >= 0.3 is 0 Å². The van der Waals surface area contributed by atoms with E-state index in [1.807, 2.05) is 6.21 Å². The summed E-state index contributed by atoms with van der Waals surface area (Å²) in [7, 11) is -3.28. The predicted octanol–water partition coefficient (Wildman–Crippen LogP) is 3.89. The van der Waals surface area contributed by atoms with Crippen LogP contribution >= 0.6 is 0 Å². The Morgan fingerprint density at radius 2 is 2.00 bits per heavy atom. The summed E-state index contributed by atoms with van der Waals surface area (Å²) in [5.41, 5.74) is 1.44. The summed E-state index contributed by atoms with van der Waals surface area (Å²) in [5, 5.41) is 0. The molecular formula is C26H34N4O4S. The molecule has 1 aliphatic rings. The van der Waals surface area contributed by atoms with Gasteiger partial charge in [0, 0.05) is 49.2 Å². The first-order valence-electron chi connectivity index (χ1n) is 11.8. The molecule has 0 spiro atoms. The van der Waals surface area contributed by atoms with E-state index in [4.69, 9.17) is 4.74 Å². The molecular weight excluding hydrogens is 464 g/mol. The Morgan fingerprint density at radius 3 is 2.60 bits per heavy atom. The molecule has 2 unspecified atom stereocenters. The van der Waals surface area contributed by atoms with Crippen LogP contribution < -0.4 is 10.3 Å². The molecule has 2 atom stereocenters. The third-order valence-corrected chi connectivity index (χ3v) is 7.15. The molecule has 1 fully saturated rings. The molecule has 1 saturated heterocycles. The average Bonchev–Trinajstić information content (AvgIpc) is 2.80. The van der Waals surface area contributed by atoms with Gasteiger partial charge in [-0.05, 0) is 68.8 Å².